The molecular weight excluding hydrogens is 261 g/mol. The summed E-state index contributed by atoms with van der Waals surface area (Å²) in [5, 5.41) is 0. The van der Waals surface area contributed by atoms with Crippen molar-refractivity contribution < 1.29 is 17.9 Å². The van der Waals surface area contributed by atoms with Gasteiger partial charge >= 0.3 is 6.18 Å². The molecule has 1 aliphatic rings. The van der Waals surface area contributed by atoms with Crippen molar-refractivity contribution in [1.29, 1.82) is 0 Å². The average Bonchev–Trinajstić information content (AvgIpc) is 3.17. The maximum absolute atomic E-state index is 12.0. The Morgan fingerprint density at radius 1 is 1.37 bits per heavy atom. The zero-order chi connectivity index (χ0) is 13.9. The Balaban J connectivity index is 1.90. The van der Waals surface area contributed by atoms with E-state index in [4.69, 9.17) is 10.6 Å². The second-order valence-electron chi connectivity index (χ2n) is 4.44. The van der Waals surface area contributed by atoms with Crippen molar-refractivity contribution in [3.8, 4) is 5.88 Å². The van der Waals surface area contributed by atoms with Gasteiger partial charge in [-0.2, -0.15) is 18.2 Å². The molecule has 0 unspecified atom stereocenters. The highest BCUT2D eigenvalue weighted by Crippen LogP contribution is 2.39. The maximum Gasteiger partial charge on any atom is 0.389 e. The third-order valence-electron chi connectivity index (χ3n) is 2.66. The van der Waals surface area contributed by atoms with Crippen LogP contribution in [0.3, 0.4) is 0 Å². The standard InChI is InChI=1S/C11H15F3N4O/c12-11(13,14)4-1-5-19-9-6-8(18-15)16-10(17-9)7-2-3-7/h6-7H,1-5,15H2,(H,16,17,18). The van der Waals surface area contributed by atoms with Crippen molar-refractivity contribution in [1.82, 2.24) is 9.97 Å². The predicted octanol–water partition coefficient (Wildman–Crippen LogP) is 2.36. The van der Waals surface area contributed by atoms with E-state index in [-0.39, 0.29) is 18.9 Å². The molecule has 1 aliphatic carbocycles. The number of nitrogens with two attached hydrogens (primary N) is 1. The van der Waals surface area contributed by atoms with Crippen LogP contribution in [0.2, 0.25) is 0 Å². The molecule has 3 N–H and O–H groups in total. The number of rotatable bonds is 6. The summed E-state index contributed by atoms with van der Waals surface area (Å²) in [5.74, 6) is 6.87. The number of nitrogens with one attached hydrogen (secondary N) is 1. The first-order chi connectivity index (χ1) is 8.98. The van der Waals surface area contributed by atoms with Crippen LogP contribution < -0.4 is 16.0 Å². The van der Waals surface area contributed by atoms with Gasteiger partial charge in [-0.25, -0.2) is 10.8 Å². The molecule has 2 rings (SSSR count). The average molecular weight is 276 g/mol. The van der Waals surface area contributed by atoms with Crippen LogP contribution in [0, 0.1) is 0 Å². The maximum atomic E-state index is 12.0. The third-order valence-corrected chi connectivity index (χ3v) is 2.66. The second kappa shape index (κ2) is 5.60. The topological polar surface area (TPSA) is 73.1 Å². The van der Waals surface area contributed by atoms with Crippen LogP contribution in [0.4, 0.5) is 19.0 Å². The molecule has 5 nitrogen and oxygen atoms in total. The van der Waals surface area contributed by atoms with Gasteiger partial charge in [0.15, 0.2) is 0 Å². The Bertz CT molecular complexity index is 434. The summed E-state index contributed by atoms with van der Waals surface area (Å²) in [6.45, 7) is -0.0371. The van der Waals surface area contributed by atoms with Gasteiger partial charge in [-0.1, -0.05) is 0 Å². The Morgan fingerprint density at radius 3 is 2.68 bits per heavy atom. The summed E-state index contributed by atoms with van der Waals surface area (Å²) >= 11 is 0. The number of halogens is 3. The van der Waals surface area contributed by atoms with Crippen molar-refractivity contribution in [2.45, 2.75) is 37.8 Å². The van der Waals surface area contributed by atoms with E-state index >= 15 is 0 Å². The summed E-state index contributed by atoms with van der Waals surface area (Å²) in [4.78, 5) is 8.34. The molecule has 1 aromatic heterocycles. The normalized spacial score (nSPS) is 15.4. The first-order valence-electron chi connectivity index (χ1n) is 6.03. The molecule has 1 heterocycles. The molecule has 0 atom stereocenters. The number of nitrogens with zero attached hydrogens (tertiary/aromatic N) is 2. The molecule has 19 heavy (non-hydrogen) atoms. The van der Waals surface area contributed by atoms with Gasteiger partial charge in [-0.15, -0.1) is 0 Å². The van der Waals surface area contributed by atoms with Crippen molar-refractivity contribution in [3.63, 3.8) is 0 Å². The lowest BCUT2D eigenvalue weighted by molar-refractivity contribution is -0.136. The van der Waals surface area contributed by atoms with E-state index in [1.807, 2.05) is 0 Å². The van der Waals surface area contributed by atoms with Gasteiger partial charge in [0, 0.05) is 18.4 Å². The van der Waals surface area contributed by atoms with E-state index in [1.165, 1.54) is 6.07 Å². The zero-order valence-corrected chi connectivity index (χ0v) is 10.2. The quantitative estimate of drug-likeness (QED) is 0.474. The number of ether oxygens (including phenoxy) is 1. The lowest BCUT2D eigenvalue weighted by Crippen LogP contribution is -2.12. The molecule has 1 fully saturated rings. The largest absolute Gasteiger partial charge is 0.478 e. The van der Waals surface area contributed by atoms with Gasteiger partial charge in [0.2, 0.25) is 5.88 Å². The number of hydrazine groups is 1. The molecular formula is C11H15F3N4O. The fourth-order valence-corrected chi connectivity index (χ4v) is 1.56. The minimum Gasteiger partial charge on any atom is -0.478 e. The summed E-state index contributed by atoms with van der Waals surface area (Å²) in [6, 6.07) is 1.47. The number of aromatic nitrogens is 2. The van der Waals surface area contributed by atoms with E-state index in [9.17, 15) is 13.2 Å². The van der Waals surface area contributed by atoms with Gasteiger partial charge in [0.1, 0.15) is 11.6 Å². The fourth-order valence-electron chi connectivity index (χ4n) is 1.56. The van der Waals surface area contributed by atoms with Gasteiger partial charge in [0.25, 0.3) is 0 Å². The van der Waals surface area contributed by atoms with Crippen LogP contribution in [0.5, 0.6) is 5.88 Å². The number of nitrogen functional groups attached to an aromatic ring is 1. The van der Waals surface area contributed by atoms with Gasteiger partial charge in [-0.3, -0.25) is 0 Å². The molecule has 0 amide bonds. The molecule has 0 radical (unpaired) electrons. The van der Waals surface area contributed by atoms with Crippen LogP contribution in [0.1, 0.15) is 37.4 Å². The van der Waals surface area contributed by atoms with Crippen LogP contribution in [-0.2, 0) is 0 Å². The molecule has 0 spiro atoms. The first kappa shape index (κ1) is 13.9. The Hall–Kier alpha value is -1.57. The molecule has 0 aliphatic heterocycles. The van der Waals surface area contributed by atoms with Crippen LogP contribution >= 0.6 is 0 Å². The highest BCUT2D eigenvalue weighted by molar-refractivity contribution is 5.38. The zero-order valence-electron chi connectivity index (χ0n) is 10.2. The number of alkyl halides is 3. The molecule has 0 bridgehead atoms. The van der Waals surface area contributed by atoms with Crippen LogP contribution in [0.15, 0.2) is 6.07 Å². The molecule has 1 saturated carbocycles. The molecule has 1 aromatic rings. The van der Waals surface area contributed by atoms with E-state index in [0.717, 1.165) is 12.8 Å². The number of hydrogen-bond acceptors (Lipinski definition) is 5. The van der Waals surface area contributed by atoms with E-state index in [1.54, 1.807) is 0 Å². The van der Waals surface area contributed by atoms with E-state index in [0.29, 0.717) is 17.6 Å². The van der Waals surface area contributed by atoms with E-state index < -0.39 is 12.6 Å². The van der Waals surface area contributed by atoms with Crippen molar-refractivity contribution >= 4 is 5.82 Å². The third kappa shape index (κ3) is 4.55. The molecule has 106 valence electrons. The summed E-state index contributed by atoms with van der Waals surface area (Å²) in [7, 11) is 0. The lowest BCUT2D eigenvalue weighted by atomic mass is 10.3. The SMILES string of the molecule is NNc1cc(OCCCC(F)(F)F)nc(C2CC2)n1. The Labute approximate surface area is 108 Å². The molecule has 0 saturated heterocycles. The Morgan fingerprint density at radius 2 is 2.11 bits per heavy atom. The minimum absolute atomic E-state index is 0.0371. The minimum atomic E-state index is -4.15. The summed E-state index contributed by atoms with van der Waals surface area (Å²) in [5.41, 5.74) is 2.39. The van der Waals surface area contributed by atoms with Crippen LogP contribution in [-0.4, -0.2) is 22.8 Å². The van der Waals surface area contributed by atoms with Crippen molar-refractivity contribution in [2.24, 2.45) is 5.84 Å². The predicted molar refractivity (Wildman–Crippen MR) is 62.6 cm³/mol. The highest BCUT2D eigenvalue weighted by Gasteiger charge is 2.28. The summed E-state index contributed by atoms with van der Waals surface area (Å²) in [6.07, 6.45) is -3.09. The lowest BCUT2D eigenvalue weighted by Gasteiger charge is -2.09. The number of hydrogen-bond donors (Lipinski definition) is 2. The second-order valence-corrected chi connectivity index (χ2v) is 4.44. The molecule has 0 aromatic carbocycles. The fraction of sp³-hybridized carbons (Fsp3) is 0.636. The van der Waals surface area contributed by atoms with Crippen molar-refractivity contribution in [2.75, 3.05) is 12.0 Å². The van der Waals surface area contributed by atoms with Gasteiger partial charge in [0.05, 0.1) is 6.61 Å². The smallest absolute Gasteiger partial charge is 0.389 e. The van der Waals surface area contributed by atoms with Crippen molar-refractivity contribution in [3.05, 3.63) is 11.9 Å². The summed E-state index contributed by atoms with van der Waals surface area (Å²) < 4.78 is 41.1. The first-order valence-corrected chi connectivity index (χ1v) is 6.03. The Kier molecular flexibility index (Phi) is 4.08. The monoisotopic (exact) mass is 276 g/mol. The highest BCUT2D eigenvalue weighted by atomic mass is 19.4. The molecule has 8 heteroatoms. The van der Waals surface area contributed by atoms with Crippen LogP contribution in [0.25, 0.3) is 0 Å². The van der Waals surface area contributed by atoms with Gasteiger partial charge in [-0.05, 0) is 19.3 Å². The van der Waals surface area contributed by atoms with E-state index in [2.05, 4.69) is 15.4 Å². The van der Waals surface area contributed by atoms with Gasteiger partial charge < -0.3 is 10.2 Å². The number of anilines is 1.